The third kappa shape index (κ3) is 4.25. The van der Waals surface area contributed by atoms with Gasteiger partial charge in [-0.3, -0.25) is 9.59 Å². The summed E-state index contributed by atoms with van der Waals surface area (Å²) in [5, 5.41) is 8.63. The summed E-state index contributed by atoms with van der Waals surface area (Å²) >= 11 is 1.54. The highest BCUT2D eigenvalue weighted by Crippen LogP contribution is 2.38. The number of amides is 2. The second kappa shape index (κ2) is 9.41. The van der Waals surface area contributed by atoms with Crippen LogP contribution in [0.4, 0.5) is 5.00 Å². The molecule has 1 heterocycles. The van der Waals surface area contributed by atoms with E-state index in [0.717, 1.165) is 48.4 Å². The number of ether oxygens (including phenoxy) is 1. The third-order valence-corrected chi connectivity index (χ3v) is 6.68. The number of methoxy groups -OCH3 is 1. The van der Waals surface area contributed by atoms with Crippen molar-refractivity contribution in [1.29, 1.82) is 0 Å². The molecule has 0 saturated carbocycles. The molecule has 0 unspecified atom stereocenters. The summed E-state index contributed by atoms with van der Waals surface area (Å²) in [5.41, 5.74) is 2.36. The number of thiophene rings is 1. The molecule has 156 valence electrons. The molecule has 0 radical (unpaired) electrons. The van der Waals surface area contributed by atoms with Crippen molar-refractivity contribution in [3.8, 4) is 0 Å². The number of aryl methyl sites for hydroxylation is 1. The van der Waals surface area contributed by atoms with Crippen LogP contribution in [-0.4, -0.2) is 32.1 Å². The van der Waals surface area contributed by atoms with Crippen molar-refractivity contribution in [1.82, 2.24) is 5.32 Å². The molecule has 0 spiro atoms. The van der Waals surface area contributed by atoms with Gasteiger partial charge in [0.05, 0.1) is 5.56 Å². The lowest BCUT2D eigenvalue weighted by atomic mass is 9.95. The van der Waals surface area contributed by atoms with E-state index in [-0.39, 0.29) is 11.8 Å². The van der Waals surface area contributed by atoms with Crippen LogP contribution in [-0.2, 0) is 17.6 Å². The van der Waals surface area contributed by atoms with E-state index in [1.807, 2.05) is 42.5 Å². The lowest BCUT2D eigenvalue weighted by molar-refractivity contribution is 0.0948. The molecule has 1 aliphatic rings. The van der Waals surface area contributed by atoms with E-state index >= 15 is 0 Å². The first-order valence-electron chi connectivity index (χ1n) is 10.4. The third-order valence-electron chi connectivity index (χ3n) is 5.47. The predicted molar refractivity (Wildman–Crippen MR) is 122 cm³/mol. The lowest BCUT2D eigenvalue weighted by Gasteiger charge is -2.13. The van der Waals surface area contributed by atoms with E-state index in [4.69, 9.17) is 4.74 Å². The molecule has 2 N–H and O–H groups in total. The Hall–Kier alpha value is -2.70. The summed E-state index contributed by atoms with van der Waals surface area (Å²) in [7, 11) is 1.65. The van der Waals surface area contributed by atoms with Crippen molar-refractivity contribution in [3.05, 3.63) is 64.0 Å². The second-order valence-electron chi connectivity index (χ2n) is 7.50. The lowest BCUT2D eigenvalue weighted by Crippen LogP contribution is -2.27. The molecule has 1 aliphatic carbocycles. The molecule has 0 bridgehead atoms. The summed E-state index contributed by atoms with van der Waals surface area (Å²) in [4.78, 5) is 27.4. The van der Waals surface area contributed by atoms with Crippen LogP contribution in [0.15, 0.2) is 42.5 Å². The summed E-state index contributed by atoms with van der Waals surface area (Å²) in [5.74, 6) is -0.294. The van der Waals surface area contributed by atoms with Crippen molar-refractivity contribution in [2.45, 2.75) is 32.1 Å². The smallest absolute Gasteiger partial charge is 0.256 e. The van der Waals surface area contributed by atoms with Gasteiger partial charge in [-0.25, -0.2) is 0 Å². The SMILES string of the molecule is COCCCNC(=O)c1c(NC(=O)c2cccc3ccccc23)sc2c1CCCC2. The molecule has 2 aromatic carbocycles. The minimum Gasteiger partial charge on any atom is -0.385 e. The number of hydrogen-bond acceptors (Lipinski definition) is 4. The molecule has 4 rings (SSSR count). The normalized spacial score (nSPS) is 13.1. The van der Waals surface area contributed by atoms with Gasteiger partial charge in [0.15, 0.2) is 0 Å². The van der Waals surface area contributed by atoms with E-state index in [1.165, 1.54) is 4.88 Å². The minimum atomic E-state index is -0.182. The van der Waals surface area contributed by atoms with Gasteiger partial charge in [-0.1, -0.05) is 36.4 Å². The Bertz CT molecular complexity index is 1070. The molecule has 1 aromatic heterocycles. The molecule has 30 heavy (non-hydrogen) atoms. The Labute approximate surface area is 180 Å². The van der Waals surface area contributed by atoms with Crippen molar-refractivity contribution in [2.24, 2.45) is 0 Å². The van der Waals surface area contributed by atoms with Gasteiger partial charge in [-0.05, 0) is 54.5 Å². The Kier molecular flexibility index (Phi) is 6.45. The number of anilines is 1. The van der Waals surface area contributed by atoms with Gasteiger partial charge >= 0.3 is 0 Å². The maximum absolute atomic E-state index is 13.2. The number of rotatable bonds is 7. The van der Waals surface area contributed by atoms with Gasteiger partial charge in [-0.15, -0.1) is 11.3 Å². The van der Waals surface area contributed by atoms with Gasteiger partial charge < -0.3 is 15.4 Å². The molecule has 0 saturated heterocycles. The van der Waals surface area contributed by atoms with Crippen LogP contribution in [0.25, 0.3) is 10.8 Å². The number of carbonyl (C=O) groups excluding carboxylic acids is 2. The summed E-state index contributed by atoms with van der Waals surface area (Å²) < 4.78 is 5.06. The van der Waals surface area contributed by atoms with E-state index in [0.29, 0.717) is 29.3 Å². The van der Waals surface area contributed by atoms with Crippen LogP contribution in [0.5, 0.6) is 0 Å². The second-order valence-corrected chi connectivity index (χ2v) is 8.60. The van der Waals surface area contributed by atoms with Crippen molar-refractivity contribution in [2.75, 3.05) is 25.6 Å². The first kappa shape index (κ1) is 20.6. The Morgan fingerprint density at radius 2 is 1.83 bits per heavy atom. The van der Waals surface area contributed by atoms with Crippen LogP contribution in [0.2, 0.25) is 0 Å². The number of benzene rings is 2. The van der Waals surface area contributed by atoms with Crippen molar-refractivity contribution < 1.29 is 14.3 Å². The van der Waals surface area contributed by atoms with E-state index in [2.05, 4.69) is 10.6 Å². The average molecular weight is 423 g/mol. The fourth-order valence-corrected chi connectivity index (χ4v) is 5.28. The largest absolute Gasteiger partial charge is 0.385 e. The Morgan fingerprint density at radius 1 is 1.03 bits per heavy atom. The maximum Gasteiger partial charge on any atom is 0.256 e. The zero-order valence-electron chi connectivity index (χ0n) is 17.1. The topological polar surface area (TPSA) is 67.4 Å². The molecule has 2 amide bonds. The molecular formula is C24H26N2O3S. The standard InChI is InChI=1S/C24H26N2O3S/c1-29-15-7-14-25-23(28)21-19-11-4-5-13-20(19)30-24(21)26-22(27)18-12-6-9-16-8-2-3-10-17(16)18/h2-3,6,8-10,12H,4-5,7,11,13-15H2,1H3,(H,25,28)(H,26,27). The maximum atomic E-state index is 13.2. The van der Waals surface area contributed by atoms with Crippen LogP contribution >= 0.6 is 11.3 Å². The molecule has 0 aliphatic heterocycles. The quantitative estimate of drug-likeness (QED) is 0.538. The molecule has 3 aromatic rings. The average Bonchev–Trinajstić information content (AvgIpc) is 3.14. The monoisotopic (exact) mass is 422 g/mol. The molecular weight excluding hydrogens is 396 g/mol. The summed E-state index contributed by atoms with van der Waals surface area (Å²) in [6.45, 7) is 1.15. The van der Waals surface area contributed by atoms with Gasteiger partial charge in [0.2, 0.25) is 0 Å². The zero-order chi connectivity index (χ0) is 20.9. The molecule has 5 nitrogen and oxygen atoms in total. The van der Waals surface area contributed by atoms with Crippen molar-refractivity contribution >= 4 is 38.9 Å². The van der Waals surface area contributed by atoms with Gasteiger partial charge in [0.1, 0.15) is 5.00 Å². The first-order valence-corrected chi connectivity index (χ1v) is 11.2. The summed E-state index contributed by atoms with van der Waals surface area (Å²) in [6, 6.07) is 13.6. The zero-order valence-corrected chi connectivity index (χ0v) is 17.9. The number of carbonyl (C=O) groups is 2. The molecule has 0 atom stereocenters. The van der Waals surface area contributed by atoms with Crippen LogP contribution in [0.3, 0.4) is 0 Å². The highest BCUT2D eigenvalue weighted by molar-refractivity contribution is 7.17. The van der Waals surface area contributed by atoms with Gasteiger partial charge in [0, 0.05) is 30.7 Å². The van der Waals surface area contributed by atoms with E-state index < -0.39 is 0 Å². The Morgan fingerprint density at radius 3 is 2.70 bits per heavy atom. The first-order chi connectivity index (χ1) is 14.7. The van der Waals surface area contributed by atoms with Gasteiger partial charge in [-0.2, -0.15) is 0 Å². The Balaban J connectivity index is 1.62. The van der Waals surface area contributed by atoms with Crippen LogP contribution in [0.1, 0.15) is 50.4 Å². The number of hydrogen-bond donors (Lipinski definition) is 2. The van der Waals surface area contributed by atoms with Gasteiger partial charge in [0.25, 0.3) is 11.8 Å². The fourth-order valence-electron chi connectivity index (χ4n) is 3.99. The highest BCUT2D eigenvalue weighted by atomic mass is 32.1. The minimum absolute atomic E-state index is 0.112. The van der Waals surface area contributed by atoms with Crippen LogP contribution in [0, 0.1) is 0 Å². The number of fused-ring (bicyclic) bond motifs is 2. The van der Waals surface area contributed by atoms with Crippen LogP contribution < -0.4 is 10.6 Å². The molecule has 6 heteroatoms. The fraction of sp³-hybridized carbons (Fsp3) is 0.333. The number of nitrogens with one attached hydrogen (secondary N) is 2. The van der Waals surface area contributed by atoms with E-state index in [9.17, 15) is 9.59 Å². The molecule has 0 fully saturated rings. The highest BCUT2D eigenvalue weighted by Gasteiger charge is 2.26. The predicted octanol–water partition coefficient (Wildman–Crippen LogP) is 4.80. The summed E-state index contributed by atoms with van der Waals surface area (Å²) in [6.07, 6.45) is 4.81. The van der Waals surface area contributed by atoms with E-state index in [1.54, 1.807) is 18.4 Å². The van der Waals surface area contributed by atoms with Crippen molar-refractivity contribution in [3.63, 3.8) is 0 Å².